The first-order valence-electron chi connectivity index (χ1n) is 5.79. The van der Waals surface area contributed by atoms with Crippen LogP contribution in [-0.2, 0) is 6.54 Å². The smallest absolute Gasteiger partial charge is 0.224 e. The van der Waals surface area contributed by atoms with Crippen LogP contribution in [0.5, 0.6) is 0 Å². The van der Waals surface area contributed by atoms with Gasteiger partial charge in [-0.25, -0.2) is 4.98 Å². The molecule has 0 spiro atoms. The minimum Gasteiger partial charge on any atom is -0.354 e. The van der Waals surface area contributed by atoms with Gasteiger partial charge in [0.1, 0.15) is 5.02 Å². The Morgan fingerprint density at radius 2 is 2.22 bits per heavy atom. The van der Waals surface area contributed by atoms with Gasteiger partial charge >= 0.3 is 0 Å². The third kappa shape index (κ3) is 2.89. The average Bonchev–Trinajstić information content (AvgIpc) is 2.81. The van der Waals surface area contributed by atoms with Gasteiger partial charge in [0.15, 0.2) is 11.6 Å². The molecule has 2 aromatic heterocycles. The standard InChI is InChI=1S/C11H15ClN6/c1-3-13-11-14-7-8(12)10(16-11)15-9-5-6-18(4-2)17-9/h5-7H,3-4H2,1-2H3,(H2,13,14,15,16,17). The van der Waals surface area contributed by atoms with E-state index in [-0.39, 0.29) is 0 Å². The predicted molar refractivity (Wildman–Crippen MR) is 72.4 cm³/mol. The van der Waals surface area contributed by atoms with Gasteiger partial charge in [-0.15, -0.1) is 0 Å². The molecule has 0 unspecified atom stereocenters. The van der Waals surface area contributed by atoms with Gasteiger partial charge in [-0.1, -0.05) is 11.6 Å². The summed E-state index contributed by atoms with van der Waals surface area (Å²) in [6.07, 6.45) is 3.45. The molecule has 0 radical (unpaired) electrons. The number of aromatic nitrogens is 4. The summed E-state index contributed by atoms with van der Waals surface area (Å²) in [5.41, 5.74) is 0. The lowest BCUT2D eigenvalue weighted by Crippen LogP contribution is -2.05. The number of aryl methyl sites for hydroxylation is 1. The van der Waals surface area contributed by atoms with Crippen LogP contribution in [0.3, 0.4) is 0 Å². The van der Waals surface area contributed by atoms with Crippen molar-refractivity contribution in [1.29, 1.82) is 0 Å². The zero-order chi connectivity index (χ0) is 13.0. The van der Waals surface area contributed by atoms with Gasteiger partial charge < -0.3 is 10.6 Å². The first-order chi connectivity index (χ1) is 8.72. The van der Waals surface area contributed by atoms with Gasteiger partial charge in [-0.3, -0.25) is 4.68 Å². The van der Waals surface area contributed by atoms with E-state index < -0.39 is 0 Å². The van der Waals surface area contributed by atoms with Crippen molar-refractivity contribution in [2.75, 3.05) is 17.2 Å². The van der Waals surface area contributed by atoms with Crippen molar-refractivity contribution in [3.63, 3.8) is 0 Å². The van der Waals surface area contributed by atoms with Gasteiger partial charge in [0.25, 0.3) is 0 Å². The van der Waals surface area contributed by atoms with Crippen LogP contribution in [0.4, 0.5) is 17.6 Å². The highest BCUT2D eigenvalue weighted by molar-refractivity contribution is 6.32. The maximum Gasteiger partial charge on any atom is 0.224 e. The Labute approximate surface area is 110 Å². The van der Waals surface area contributed by atoms with Gasteiger partial charge in [-0.05, 0) is 13.8 Å². The number of rotatable bonds is 5. The van der Waals surface area contributed by atoms with Crippen molar-refractivity contribution in [3.8, 4) is 0 Å². The first-order valence-corrected chi connectivity index (χ1v) is 6.17. The molecule has 0 fully saturated rings. The fourth-order valence-corrected chi connectivity index (χ4v) is 1.56. The predicted octanol–water partition coefficient (Wildman–Crippen LogP) is 2.52. The zero-order valence-corrected chi connectivity index (χ0v) is 11.1. The van der Waals surface area contributed by atoms with E-state index in [2.05, 4.69) is 25.7 Å². The summed E-state index contributed by atoms with van der Waals surface area (Å²) in [5, 5.41) is 10.9. The Morgan fingerprint density at radius 1 is 1.39 bits per heavy atom. The molecule has 18 heavy (non-hydrogen) atoms. The van der Waals surface area contributed by atoms with Crippen molar-refractivity contribution in [1.82, 2.24) is 19.7 Å². The molecule has 7 heteroatoms. The number of nitrogens with one attached hydrogen (secondary N) is 2. The summed E-state index contributed by atoms with van der Waals surface area (Å²) in [6.45, 7) is 5.58. The SMILES string of the molecule is CCNc1ncc(Cl)c(Nc2ccn(CC)n2)n1. The second kappa shape index (κ2) is 5.68. The Bertz CT molecular complexity index is 524. The highest BCUT2D eigenvalue weighted by Crippen LogP contribution is 2.22. The lowest BCUT2D eigenvalue weighted by molar-refractivity contribution is 0.662. The molecule has 2 rings (SSSR count). The molecule has 0 amide bonds. The van der Waals surface area contributed by atoms with E-state index in [0.29, 0.717) is 22.6 Å². The average molecular weight is 267 g/mol. The third-order valence-electron chi connectivity index (χ3n) is 2.29. The molecule has 0 bridgehead atoms. The number of hydrogen-bond acceptors (Lipinski definition) is 5. The fraction of sp³-hybridized carbons (Fsp3) is 0.364. The summed E-state index contributed by atoms with van der Waals surface area (Å²) in [5.74, 6) is 1.79. The molecule has 0 saturated heterocycles. The van der Waals surface area contributed by atoms with Gasteiger partial charge in [0.2, 0.25) is 5.95 Å². The normalized spacial score (nSPS) is 10.4. The topological polar surface area (TPSA) is 67.7 Å². The summed E-state index contributed by atoms with van der Waals surface area (Å²) < 4.78 is 1.82. The molecule has 0 aliphatic heterocycles. The minimum absolute atomic E-state index is 0.461. The van der Waals surface area contributed by atoms with E-state index >= 15 is 0 Å². The summed E-state index contributed by atoms with van der Waals surface area (Å²) in [6, 6.07) is 1.87. The molecule has 0 saturated carbocycles. The molecule has 2 aromatic rings. The molecular formula is C11H15ClN6. The molecule has 0 aliphatic rings. The molecule has 0 aromatic carbocycles. The molecular weight excluding hydrogens is 252 g/mol. The lowest BCUT2D eigenvalue weighted by atomic mass is 10.5. The fourth-order valence-electron chi connectivity index (χ4n) is 1.42. The van der Waals surface area contributed by atoms with Crippen LogP contribution in [0.2, 0.25) is 5.02 Å². The van der Waals surface area contributed by atoms with E-state index in [1.54, 1.807) is 6.20 Å². The maximum absolute atomic E-state index is 6.04. The van der Waals surface area contributed by atoms with Crippen molar-refractivity contribution in [2.45, 2.75) is 20.4 Å². The summed E-state index contributed by atoms with van der Waals surface area (Å²) >= 11 is 6.04. The van der Waals surface area contributed by atoms with Gasteiger partial charge in [-0.2, -0.15) is 10.1 Å². The minimum atomic E-state index is 0.461. The number of hydrogen-bond donors (Lipinski definition) is 2. The van der Waals surface area contributed by atoms with E-state index in [1.807, 2.05) is 30.8 Å². The van der Waals surface area contributed by atoms with Crippen LogP contribution in [0.25, 0.3) is 0 Å². The van der Waals surface area contributed by atoms with E-state index in [1.165, 1.54) is 0 Å². The Hall–Kier alpha value is -1.82. The van der Waals surface area contributed by atoms with Crippen molar-refractivity contribution in [3.05, 3.63) is 23.5 Å². The van der Waals surface area contributed by atoms with E-state index in [0.717, 1.165) is 13.1 Å². The Balaban J connectivity index is 2.19. The third-order valence-corrected chi connectivity index (χ3v) is 2.57. The molecule has 6 nitrogen and oxygen atoms in total. The maximum atomic E-state index is 6.04. The van der Waals surface area contributed by atoms with Crippen LogP contribution in [0, 0.1) is 0 Å². The van der Waals surface area contributed by atoms with Gasteiger partial charge in [0.05, 0.1) is 6.20 Å². The van der Waals surface area contributed by atoms with Crippen LogP contribution in [0.1, 0.15) is 13.8 Å². The molecule has 2 N–H and O–H groups in total. The quantitative estimate of drug-likeness (QED) is 0.870. The molecule has 0 atom stereocenters. The Kier molecular flexibility index (Phi) is 3.99. The number of anilines is 3. The molecule has 0 aliphatic carbocycles. The van der Waals surface area contributed by atoms with Crippen molar-refractivity contribution in [2.24, 2.45) is 0 Å². The van der Waals surface area contributed by atoms with Crippen molar-refractivity contribution >= 4 is 29.2 Å². The van der Waals surface area contributed by atoms with Crippen LogP contribution in [0.15, 0.2) is 18.5 Å². The van der Waals surface area contributed by atoms with Crippen LogP contribution < -0.4 is 10.6 Å². The van der Waals surface area contributed by atoms with E-state index in [4.69, 9.17) is 11.6 Å². The number of nitrogens with zero attached hydrogens (tertiary/aromatic N) is 4. The highest BCUT2D eigenvalue weighted by Gasteiger charge is 2.07. The Morgan fingerprint density at radius 3 is 2.89 bits per heavy atom. The van der Waals surface area contributed by atoms with Crippen LogP contribution >= 0.6 is 11.6 Å². The largest absolute Gasteiger partial charge is 0.354 e. The molecule has 2 heterocycles. The second-order valence-corrected chi connectivity index (χ2v) is 4.01. The first kappa shape index (κ1) is 12.6. The summed E-state index contributed by atoms with van der Waals surface area (Å²) in [7, 11) is 0. The van der Waals surface area contributed by atoms with E-state index in [9.17, 15) is 0 Å². The lowest BCUT2D eigenvalue weighted by Gasteiger charge is -2.07. The summed E-state index contributed by atoms with van der Waals surface area (Å²) in [4.78, 5) is 8.35. The van der Waals surface area contributed by atoms with Crippen molar-refractivity contribution < 1.29 is 0 Å². The van der Waals surface area contributed by atoms with Gasteiger partial charge in [0, 0.05) is 25.4 Å². The highest BCUT2D eigenvalue weighted by atomic mass is 35.5. The zero-order valence-electron chi connectivity index (χ0n) is 10.3. The molecule has 96 valence electrons. The second-order valence-electron chi connectivity index (χ2n) is 3.60. The monoisotopic (exact) mass is 266 g/mol. The van der Waals surface area contributed by atoms with Crippen LogP contribution in [-0.4, -0.2) is 26.3 Å². The number of halogens is 1.